The van der Waals surface area contributed by atoms with Crippen molar-refractivity contribution in [2.24, 2.45) is 11.3 Å². The number of H-pyrrole nitrogens is 2. The van der Waals surface area contributed by atoms with Gasteiger partial charge >= 0.3 is 0 Å². The third-order valence-corrected chi connectivity index (χ3v) is 8.46. The first-order chi connectivity index (χ1) is 16.6. The number of carbonyl (C=O) groups excluding carboxylic acids is 1. The molecule has 1 saturated heterocycles. The Kier molecular flexibility index (Phi) is 4.89. The smallest absolute Gasteiger partial charge is 0.258 e. The van der Waals surface area contributed by atoms with Gasteiger partial charge in [0, 0.05) is 54.8 Å². The molecule has 186 valence electrons. The van der Waals surface area contributed by atoms with E-state index in [2.05, 4.69) is 20.1 Å². The third-order valence-electron chi connectivity index (χ3n) is 8.46. The van der Waals surface area contributed by atoms with E-state index in [1.165, 1.54) is 0 Å². The van der Waals surface area contributed by atoms with Gasteiger partial charge in [-0.25, -0.2) is 13.8 Å². The molecule has 0 unspecified atom stereocenters. The lowest BCUT2D eigenvalue weighted by atomic mass is 9.87. The molecule has 0 radical (unpaired) electrons. The Bertz CT molecular complexity index is 1330. The predicted octanol–water partition coefficient (Wildman–Crippen LogP) is 3.31. The molecular weight excluding hydrogens is 454 g/mol. The average Bonchev–Trinajstić information content (AvgIpc) is 3.23. The molecule has 3 aromatic rings. The number of nitrogens with zero attached hydrogens (tertiary/aromatic N) is 4. The molecule has 8 nitrogen and oxygen atoms in total. The number of amides is 1. The third kappa shape index (κ3) is 3.26. The molecule has 10 heteroatoms. The normalized spacial score (nSPS) is 26.3. The summed E-state index contributed by atoms with van der Waals surface area (Å²) in [4.78, 5) is 25.1. The van der Waals surface area contributed by atoms with Crippen molar-refractivity contribution < 1.29 is 18.3 Å². The molecule has 3 atom stereocenters. The predicted molar refractivity (Wildman–Crippen MR) is 128 cm³/mol. The van der Waals surface area contributed by atoms with E-state index in [1.54, 1.807) is 18.9 Å². The van der Waals surface area contributed by atoms with E-state index in [-0.39, 0.29) is 11.9 Å². The molecule has 0 bridgehead atoms. The number of fused-ring (bicyclic) bond motifs is 3. The monoisotopic (exact) mass is 484 g/mol. The van der Waals surface area contributed by atoms with Gasteiger partial charge < -0.3 is 14.6 Å². The molecule has 2 fully saturated rings. The molecule has 3 aliphatic rings. The number of morpholine rings is 1. The Morgan fingerprint density at radius 3 is 2.80 bits per heavy atom. The van der Waals surface area contributed by atoms with Crippen molar-refractivity contribution in [3.63, 3.8) is 0 Å². The van der Waals surface area contributed by atoms with Crippen molar-refractivity contribution in [1.29, 1.82) is 0 Å². The zero-order chi connectivity index (χ0) is 24.7. The van der Waals surface area contributed by atoms with Gasteiger partial charge in [-0.2, -0.15) is 5.10 Å². The Hall–Kier alpha value is -2.85. The maximum Gasteiger partial charge on any atom is 0.258 e. The maximum absolute atomic E-state index is 14.3. The van der Waals surface area contributed by atoms with E-state index < -0.39 is 17.3 Å². The lowest BCUT2D eigenvalue weighted by Gasteiger charge is -2.33. The van der Waals surface area contributed by atoms with Gasteiger partial charge in [0.1, 0.15) is 5.69 Å². The molecule has 1 aliphatic heterocycles. The summed E-state index contributed by atoms with van der Waals surface area (Å²) in [5.41, 5.74) is 4.48. The van der Waals surface area contributed by atoms with Gasteiger partial charge in [0.2, 0.25) is 5.91 Å². The molecule has 0 spiro atoms. The van der Waals surface area contributed by atoms with Gasteiger partial charge in [0.25, 0.3) is 5.92 Å². The van der Waals surface area contributed by atoms with Crippen molar-refractivity contribution in [3.8, 4) is 11.5 Å². The first-order valence-electron chi connectivity index (χ1n) is 12.2. The van der Waals surface area contributed by atoms with Crippen molar-refractivity contribution >= 4 is 22.6 Å². The summed E-state index contributed by atoms with van der Waals surface area (Å²) in [5, 5.41) is 7.42. The van der Waals surface area contributed by atoms with Crippen molar-refractivity contribution in [2.75, 3.05) is 38.3 Å². The molecule has 1 amide bonds. The van der Waals surface area contributed by atoms with E-state index in [0.717, 1.165) is 46.6 Å². The second kappa shape index (κ2) is 7.57. The number of alkyl halides is 2. The molecule has 3 heterocycles. The Labute approximate surface area is 202 Å². The largest absolute Gasteiger partial charge is 0.379 e. The van der Waals surface area contributed by atoms with Gasteiger partial charge in [-0.1, -0.05) is 6.92 Å². The number of halogens is 2. The first kappa shape index (κ1) is 22.6. The SMILES string of the molecule is Cc1cc2nc(-c3n[nH]c4c3C[C@@H]3C(F)(F)[C@]3(C)C4)[nH]c2cc1N(C)C(=O)[C@H](C)N1CCOCC1. The van der Waals surface area contributed by atoms with Crippen LogP contribution >= 0.6 is 0 Å². The van der Waals surface area contributed by atoms with Crippen molar-refractivity contribution in [3.05, 3.63) is 29.0 Å². The van der Waals surface area contributed by atoms with Crippen LogP contribution in [0.1, 0.15) is 30.7 Å². The maximum atomic E-state index is 14.3. The molecule has 1 saturated carbocycles. The quantitative estimate of drug-likeness (QED) is 0.593. The van der Waals surface area contributed by atoms with E-state index in [4.69, 9.17) is 9.72 Å². The number of aromatic nitrogens is 4. The van der Waals surface area contributed by atoms with Gasteiger partial charge in [0.15, 0.2) is 5.82 Å². The summed E-state index contributed by atoms with van der Waals surface area (Å²) < 4.78 is 34.1. The second-order valence-electron chi connectivity index (χ2n) is 10.5. The lowest BCUT2D eigenvalue weighted by Crippen LogP contribution is -2.50. The Morgan fingerprint density at radius 1 is 1.31 bits per heavy atom. The van der Waals surface area contributed by atoms with Crippen LogP contribution in [-0.4, -0.2) is 76.3 Å². The van der Waals surface area contributed by atoms with E-state index in [1.807, 2.05) is 26.0 Å². The molecule has 6 rings (SSSR count). The number of hydrogen-bond donors (Lipinski definition) is 2. The average molecular weight is 485 g/mol. The fraction of sp³-hybridized carbons (Fsp3) is 0.560. The number of hydrogen-bond acceptors (Lipinski definition) is 5. The molecular formula is C25H30F2N6O2. The number of benzene rings is 1. The molecule has 1 aromatic carbocycles. The highest BCUT2D eigenvalue weighted by Gasteiger charge is 2.78. The number of nitrogens with one attached hydrogen (secondary N) is 2. The summed E-state index contributed by atoms with van der Waals surface area (Å²) >= 11 is 0. The zero-order valence-corrected chi connectivity index (χ0v) is 20.4. The van der Waals surface area contributed by atoms with Crippen LogP contribution in [0.5, 0.6) is 0 Å². The zero-order valence-electron chi connectivity index (χ0n) is 20.4. The number of carbonyl (C=O) groups is 1. The molecule has 2 N–H and O–H groups in total. The molecule has 35 heavy (non-hydrogen) atoms. The second-order valence-corrected chi connectivity index (χ2v) is 10.5. The number of likely N-dealkylation sites (N-methyl/N-ethyl adjacent to an activating group) is 1. The minimum absolute atomic E-state index is 0.0175. The van der Waals surface area contributed by atoms with Crippen LogP contribution in [0.2, 0.25) is 0 Å². The first-order valence-corrected chi connectivity index (χ1v) is 12.2. The summed E-state index contributed by atoms with van der Waals surface area (Å²) in [6.07, 6.45) is 0.591. The van der Waals surface area contributed by atoms with Crippen LogP contribution < -0.4 is 4.90 Å². The number of rotatable bonds is 4. The van der Waals surface area contributed by atoms with Gasteiger partial charge in [-0.15, -0.1) is 0 Å². The standard InChI is InChI=1S/C25H30F2N6O2/c1-13-9-16-17(11-19(13)32(4)23(34)14(2)33-5-7-35-8-6-33)29-22(28-16)21-15-10-20-24(3,25(20,26)27)12-18(15)30-31-21/h9,11,14,20H,5-8,10,12H2,1-4H3,(H,28,29)(H,30,31)/t14-,20-,24+/m0/s1. The summed E-state index contributed by atoms with van der Waals surface area (Å²) in [5.74, 6) is -2.72. The van der Waals surface area contributed by atoms with Crippen LogP contribution in [0.25, 0.3) is 22.6 Å². The van der Waals surface area contributed by atoms with Crippen LogP contribution in [0, 0.1) is 18.3 Å². The van der Waals surface area contributed by atoms with Crippen LogP contribution in [-0.2, 0) is 22.4 Å². The van der Waals surface area contributed by atoms with Crippen LogP contribution in [0.4, 0.5) is 14.5 Å². The van der Waals surface area contributed by atoms with Crippen LogP contribution in [0.3, 0.4) is 0 Å². The van der Waals surface area contributed by atoms with E-state index in [9.17, 15) is 13.6 Å². The fourth-order valence-corrected chi connectivity index (χ4v) is 5.95. The summed E-state index contributed by atoms with van der Waals surface area (Å²) in [6, 6.07) is 3.62. The van der Waals surface area contributed by atoms with E-state index >= 15 is 0 Å². The fourth-order valence-electron chi connectivity index (χ4n) is 5.95. The lowest BCUT2D eigenvalue weighted by molar-refractivity contribution is -0.124. The van der Waals surface area contributed by atoms with Gasteiger partial charge in [-0.3, -0.25) is 14.8 Å². The highest BCUT2D eigenvalue weighted by molar-refractivity contribution is 5.99. The topological polar surface area (TPSA) is 90.1 Å². The van der Waals surface area contributed by atoms with Gasteiger partial charge in [-0.05, 0) is 38.0 Å². The number of ether oxygens (including phenoxy) is 1. The molecule has 2 aliphatic carbocycles. The summed E-state index contributed by atoms with van der Waals surface area (Å²) in [6.45, 7) is 8.30. The summed E-state index contributed by atoms with van der Waals surface area (Å²) in [7, 11) is 1.79. The Balaban J connectivity index is 1.29. The minimum atomic E-state index is -2.64. The van der Waals surface area contributed by atoms with Crippen molar-refractivity contribution in [2.45, 2.75) is 45.6 Å². The number of imidazole rings is 1. The number of aryl methyl sites for hydroxylation is 1. The highest BCUT2D eigenvalue weighted by Crippen LogP contribution is 2.70. The number of aromatic amines is 2. The van der Waals surface area contributed by atoms with Crippen molar-refractivity contribution in [1.82, 2.24) is 25.1 Å². The molecule has 2 aromatic heterocycles. The van der Waals surface area contributed by atoms with Gasteiger partial charge in [0.05, 0.1) is 30.3 Å². The van der Waals surface area contributed by atoms with E-state index in [0.29, 0.717) is 37.6 Å². The van der Waals surface area contributed by atoms with Crippen LogP contribution in [0.15, 0.2) is 12.1 Å². The number of anilines is 1. The minimum Gasteiger partial charge on any atom is -0.379 e. The highest BCUT2D eigenvalue weighted by atomic mass is 19.3. The Morgan fingerprint density at radius 2 is 2.06 bits per heavy atom.